The monoisotopic (exact) mass is 585 g/mol. The largest absolute Gasteiger partial charge is 0.497 e. The van der Waals surface area contributed by atoms with Gasteiger partial charge in [-0.3, -0.25) is 9.58 Å². The van der Waals surface area contributed by atoms with Crippen LogP contribution >= 0.6 is 0 Å². The molecule has 5 rings (SSSR count). The standard InChI is InChI=1S/C34H39N3O6/c1-36-28(17-30(35-36)24-13-14-24)21-37(19-26-15-16-29(39-2)18-32(26)40-3)20-27-7-6-8-31(33(27)41-4)43-22-23-9-11-25(12-10-23)34(38)42-5/h6-12,15-18,24H,13-14,19-22H2,1-5H3. The molecule has 3 aromatic carbocycles. The zero-order chi connectivity index (χ0) is 30.3. The Morgan fingerprint density at radius 3 is 2.30 bits per heavy atom. The normalized spacial score (nSPS) is 12.7. The summed E-state index contributed by atoms with van der Waals surface area (Å²) in [7, 11) is 8.38. The fraction of sp³-hybridized carbons (Fsp3) is 0.353. The van der Waals surface area contributed by atoms with Crippen molar-refractivity contribution < 1.29 is 28.5 Å². The molecule has 1 aliphatic carbocycles. The third kappa shape index (κ3) is 7.29. The number of para-hydroxylation sites is 1. The lowest BCUT2D eigenvalue weighted by atomic mass is 10.1. The van der Waals surface area contributed by atoms with Crippen molar-refractivity contribution >= 4 is 5.97 Å². The van der Waals surface area contributed by atoms with Crippen molar-refractivity contribution in [1.82, 2.24) is 14.7 Å². The first-order chi connectivity index (χ1) is 20.9. The van der Waals surface area contributed by atoms with Crippen LogP contribution in [0.1, 0.15) is 57.2 Å². The Bertz CT molecular complexity index is 1540. The highest BCUT2D eigenvalue weighted by molar-refractivity contribution is 5.89. The first-order valence-electron chi connectivity index (χ1n) is 14.3. The summed E-state index contributed by atoms with van der Waals surface area (Å²) in [5.74, 6) is 3.07. The van der Waals surface area contributed by atoms with Crippen molar-refractivity contribution in [2.45, 2.75) is 45.0 Å². The van der Waals surface area contributed by atoms with Crippen LogP contribution in [0.2, 0.25) is 0 Å². The van der Waals surface area contributed by atoms with Crippen LogP contribution in [0.3, 0.4) is 0 Å². The van der Waals surface area contributed by atoms with E-state index < -0.39 is 0 Å². The van der Waals surface area contributed by atoms with Crippen LogP contribution < -0.4 is 18.9 Å². The summed E-state index contributed by atoms with van der Waals surface area (Å²) in [6.07, 6.45) is 2.42. The van der Waals surface area contributed by atoms with E-state index >= 15 is 0 Å². The zero-order valence-corrected chi connectivity index (χ0v) is 25.5. The fourth-order valence-electron chi connectivity index (χ4n) is 5.17. The molecule has 1 aliphatic rings. The van der Waals surface area contributed by atoms with Crippen molar-refractivity contribution in [3.63, 3.8) is 0 Å². The molecule has 4 aromatic rings. The lowest BCUT2D eigenvalue weighted by Crippen LogP contribution is -2.24. The number of rotatable bonds is 14. The molecule has 0 spiro atoms. The molecule has 1 aromatic heterocycles. The molecule has 1 fully saturated rings. The number of hydrogen-bond acceptors (Lipinski definition) is 8. The molecule has 9 nitrogen and oxygen atoms in total. The minimum Gasteiger partial charge on any atom is -0.497 e. The molecule has 0 amide bonds. The average molecular weight is 586 g/mol. The molecule has 1 saturated carbocycles. The van der Waals surface area contributed by atoms with E-state index in [2.05, 4.69) is 17.0 Å². The zero-order valence-electron chi connectivity index (χ0n) is 25.5. The van der Waals surface area contributed by atoms with Gasteiger partial charge >= 0.3 is 5.97 Å². The quantitative estimate of drug-likeness (QED) is 0.169. The first kappa shape index (κ1) is 30.0. The third-order valence-corrected chi connectivity index (χ3v) is 7.69. The van der Waals surface area contributed by atoms with E-state index in [4.69, 9.17) is 28.8 Å². The van der Waals surface area contributed by atoms with Gasteiger partial charge in [-0.2, -0.15) is 5.10 Å². The van der Waals surface area contributed by atoms with E-state index in [0.29, 0.717) is 49.2 Å². The number of benzene rings is 3. The van der Waals surface area contributed by atoms with Crippen LogP contribution in [0, 0.1) is 0 Å². The number of aromatic nitrogens is 2. The predicted molar refractivity (Wildman–Crippen MR) is 163 cm³/mol. The molecule has 0 bridgehead atoms. The highest BCUT2D eigenvalue weighted by Gasteiger charge is 2.27. The van der Waals surface area contributed by atoms with Gasteiger partial charge in [-0.1, -0.05) is 30.3 Å². The molecule has 43 heavy (non-hydrogen) atoms. The Morgan fingerprint density at radius 1 is 0.860 bits per heavy atom. The van der Waals surface area contributed by atoms with Gasteiger partial charge < -0.3 is 23.7 Å². The molecule has 0 aliphatic heterocycles. The SMILES string of the molecule is COC(=O)c1ccc(COc2cccc(CN(Cc3ccc(OC)cc3OC)Cc3cc(C4CC4)nn3C)c2OC)cc1. The van der Waals surface area contributed by atoms with Gasteiger partial charge in [-0.05, 0) is 48.7 Å². The minimum absolute atomic E-state index is 0.326. The van der Waals surface area contributed by atoms with Gasteiger partial charge in [0.15, 0.2) is 11.5 Å². The Labute approximate surface area is 252 Å². The highest BCUT2D eigenvalue weighted by Crippen LogP contribution is 2.40. The maximum atomic E-state index is 11.8. The topological polar surface area (TPSA) is 84.3 Å². The van der Waals surface area contributed by atoms with E-state index in [9.17, 15) is 4.79 Å². The summed E-state index contributed by atoms with van der Waals surface area (Å²) in [5, 5.41) is 4.80. The van der Waals surface area contributed by atoms with Crippen LogP contribution in [0.5, 0.6) is 23.0 Å². The summed E-state index contributed by atoms with van der Waals surface area (Å²) < 4.78 is 30.0. The molecule has 0 saturated heterocycles. The van der Waals surface area contributed by atoms with Gasteiger partial charge in [0.05, 0.1) is 45.4 Å². The summed E-state index contributed by atoms with van der Waals surface area (Å²) in [4.78, 5) is 14.1. The van der Waals surface area contributed by atoms with Gasteiger partial charge in [-0.25, -0.2) is 4.79 Å². The number of aryl methyl sites for hydroxylation is 1. The van der Waals surface area contributed by atoms with Crippen LogP contribution in [0.15, 0.2) is 66.7 Å². The minimum atomic E-state index is -0.367. The third-order valence-electron chi connectivity index (χ3n) is 7.69. The van der Waals surface area contributed by atoms with Gasteiger partial charge in [0.25, 0.3) is 0 Å². The van der Waals surface area contributed by atoms with Crippen LogP contribution in [0.4, 0.5) is 0 Å². The maximum absolute atomic E-state index is 11.8. The number of nitrogens with zero attached hydrogens (tertiary/aromatic N) is 3. The Hall–Kier alpha value is -4.50. The van der Waals surface area contributed by atoms with E-state index in [-0.39, 0.29) is 5.97 Å². The van der Waals surface area contributed by atoms with Gasteiger partial charge in [-0.15, -0.1) is 0 Å². The Balaban J connectivity index is 1.38. The number of ether oxygens (including phenoxy) is 5. The molecule has 9 heteroatoms. The summed E-state index contributed by atoms with van der Waals surface area (Å²) in [6, 6.07) is 21.3. The molecular weight excluding hydrogens is 546 g/mol. The van der Waals surface area contributed by atoms with Crippen molar-refractivity contribution in [2.75, 3.05) is 28.4 Å². The maximum Gasteiger partial charge on any atom is 0.337 e. The lowest BCUT2D eigenvalue weighted by molar-refractivity contribution is 0.0600. The summed E-state index contributed by atoms with van der Waals surface area (Å²) in [5.41, 5.74) is 5.80. The average Bonchev–Trinajstić information content (AvgIpc) is 3.82. The summed E-state index contributed by atoms with van der Waals surface area (Å²) >= 11 is 0. The second kappa shape index (κ2) is 13.6. The lowest BCUT2D eigenvalue weighted by Gasteiger charge is -2.25. The van der Waals surface area contributed by atoms with E-state index in [1.165, 1.54) is 25.6 Å². The van der Waals surface area contributed by atoms with Gasteiger partial charge in [0, 0.05) is 49.8 Å². The second-order valence-corrected chi connectivity index (χ2v) is 10.7. The molecule has 0 N–H and O–H groups in total. The Kier molecular flexibility index (Phi) is 9.51. The number of hydrogen-bond donors (Lipinski definition) is 0. The number of esters is 1. The molecular formula is C34H39N3O6. The van der Waals surface area contributed by atoms with Gasteiger partial charge in [0.1, 0.15) is 18.1 Å². The first-order valence-corrected chi connectivity index (χ1v) is 14.3. The number of carbonyl (C=O) groups excluding carboxylic acids is 1. The molecule has 0 radical (unpaired) electrons. The Morgan fingerprint density at radius 2 is 1.63 bits per heavy atom. The highest BCUT2D eigenvalue weighted by atomic mass is 16.5. The molecule has 226 valence electrons. The van der Waals surface area contributed by atoms with Crippen molar-refractivity contribution in [1.29, 1.82) is 0 Å². The molecule has 0 unspecified atom stereocenters. The summed E-state index contributed by atoms with van der Waals surface area (Å²) in [6.45, 7) is 2.25. The number of carbonyl (C=O) groups is 1. The number of methoxy groups -OCH3 is 4. The van der Waals surface area contributed by atoms with Gasteiger partial charge in [0.2, 0.25) is 0 Å². The van der Waals surface area contributed by atoms with Crippen LogP contribution in [-0.4, -0.2) is 49.1 Å². The predicted octanol–water partition coefficient (Wildman–Crippen LogP) is 5.89. The van der Waals surface area contributed by atoms with E-state index in [1.807, 2.05) is 54.2 Å². The smallest absolute Gasteiger partial charge is 0.337 e. The van der Waals surface area contributed by atoms with Crippen LogP contribution in [0.25, 0.3) is 0 Å². The molecule has 1 heterocycles. The molecule has 0 atom stereocenters. The van der Waals surface area contributed by atoms with Crippen LogP contribution in [-0.2, 0) is 38.0 Å². The van der Waals surface area contributed by atoms with Crippen molar-refractivity contribution in [3.8, 4) is 23.0 Å². The van der Waals surface area contributed by atoms with Crippen molar-refractivity contribution in [2.24, 2.45) is 7.05 Å². The fourth-order valence-corrected chi connectivity index (χ4v) is 5.17. The van der Waals surface area contributed by atoms with E-state index in [0.717, 1.165) is 33.9 Å². The second-order valence-electron chi connectivity index (χ2n) is 10.7. The van der Waals surface area contributed by atoms with E-state index in [1.54, 1.807) is 33.5 Å². The van der Waals surface area contributed by atoms with Crippen molar-refractivity contribution in [3.05, 3.63) is 100 Å².